The van der Waals surface area contributed by atoms with Crippen molar-refractivity contribution in [3.05, 3.63) is 32.6 Å². The molecule has 0 bridgehead atoms. The molecule has 0 unspecified atom stereocenters. The van der Waals surface area contributed by atoms with Gasteiger partial charge in [0.25, 0.3) is 0 Å². The zero-order valence-electron chi connectivity index (χ0n) is 14.8. The molecule has 142 valence electrons. The third-order valence-electron chi connectivity index (χ3n) is 4.29. The number of halogens is 3. The highest BCUT2D eigenvalue weighted by Gasteiger charge is 2.34. The molecule has 2 aliphatic rings. The van der Waals surface area contributed by atoms with Gasteiger partial charge in [0.05, 0.1) is 28.9 Å². The maximum absolute atomic E-state index is 14.4. The summed E-state index contributed by atoms with van der Waals surface area (Å²) in [5, 5.41) is 0. The number of hydrogen-bond donors (Lipinski definition) is 1. The monoisotopic (exact) mass is 496 g/mol. The van der Waals surface area contributed by atoms with Gasteiger partial charge in [-0.25, -0.2) is 4.39 Å². The van der Waals surface area contributed by atoms with E-state index in [2.05, 4.69) is 43.5 Å². The second-order valence-corrected chi connectivity index (χ2v) is 8.64. The fourth-order valence-corrected chi connectivity index (χ4v) is 4.78. The number of ether oxygens (including phenoxy) is 1. The second-order valence-electron chi connectivity index (χ2n) is 6.31. The van der Waals surface area contributed by atoms with Crippen molar-refractivity contribution in [2.75, 3.05) is 6.61 Å². The van der Waals surface area contributed by atoms with E-state index < -0.39 is 0 Å². The lowest BCUT2D eigenvalue weighted by Gasteiger charge is -2.25. The molecular weight excluding hydrogens is 471 g/mol. The topological polar surface area (TPSA) is 24.5 Å². The first-order chi connectivity index (χ1) is 12.2. The third kappa shape index (κ3) is 6.21. The number of fused-ring (bicyclic) bond motifs is 1. The number of nitrogens with zero attached hydrogens (tertiary/aromatic N) is 1. The van der Waals surface area contributed by atoms with Crippen molar-refractivity contribution in [1.29, 1.82) is 0 Å². The van der Waals surface area contributed by atoms with Gasteiger partial charge in [-0.2, -0.15) is 0 Å². The summed E-state index contributed by atoms with van der Waals surface area (Å²) in [4.78, 5) is 0. The number of hydrogen-bond acceptors (Lipinski definition) is 4. The minimum atomic E-state index is -0.356. The van der Waals surface area contributed by atoms with Crippen molar-refractivity contribution in [2.45, 2.75) is 71.1 Å². The van der Waals surface area contributed by atoms with Gasteiger partial charge >= 0.3 is 0 Å². The summed E-state index contributed by atoms with van der Waals surface area (Å²) >= 11 is 8.13. The van der Waals surface area contributed by atoms with Crippen LogP contribution in [0.25, 0.3) is 0 Å². The van der Waals surface area contributed by atoms with Crippen LogP contribution in [0, 0.1) is 0 Å². The van der Waals surface area contributed by atoms with Crippen molar-refractivity contribution in [3.8, 4) is 0 Å². The molecule has 0 saturated heterocycles. The number of rotatable bonds is 12. The Labute approximate surface area is 172 Å². The predicted molar refractivity (Wildman–Crippen MR) is 111 cm³/mol. The average molecular weight is 498 g/mol. The van der Waals surface area contributed by atoms with Crippen LogP contribution < -0.4 is 4.72 Å². The molecule has 0 amide bonds. The van der Waals surface area contributed by atoms with Crippen LogP contribution >= 0.6 is 44.0 Å². The highest BCUT2D eigenvalue weighted by molar-refractivity contribution is 9.12. The molecular formula is C18H27Br2FN2OS. The van der Waals surface area contributed by atoms with Crippen LogP contribution in [0.4, 0.5) is 4.39 Å². The molecule has 0 saturated carbocycles. The lowest BCUT2D eigenvalue weighted by Crippen LogP contribution is -2.17. The Morgan fingerprint density at radius 2 is 1.64 bits per heavy atom. The smallest absolute Gasteiger partial charge is 0.188 e. The Balaban J connectivity index is 1.60. The van der Waals surface area contributed by atoms with E-state index in [-0.39, 0.29) is 11.6 Å². The minimum Gasteiger partial charge on any atom is -0.488 e. The van der Waals surface area contributed by atoms with E-state index in [1.165, 1.54) is 63.5 Å². The summed E-state index contributed by atoms with van der Waals surface area (Å²) in [6, 6.07) is 0. The summed E-state index contributed by atoms with van der Waals surface area (Å²) in [5.74, 6) is -0.0816. The summed E-state index contributed by atoms with van der Waals surface area (Å²) in [5.41, 5.74) is 0.751. The molecule has 0 aromatic carbocycles. The van der Waals surface area contributed by atoms with Crippen LogP contribution in [0.1, 0.15) is 71.1 Å². The fraction of sp³-hybridized carbons (Fsp3) is 0.667. The molecule has 0 aliphatic carbocycles. The number of allylic oxidation sites excluding steroid dienone is 2. The van der Waals surface area contributed by atoms with E-state index in [0.717, 1.165) is 18.5 Å². The van der Waals surface area contributed by atoms with Crippen molar-refractivity contribution in [1.82, 2.24) is 9.03 Å². The van der Waals surface area contributed by atoms with Gasteiger partial charge in [-0.15, -0.1) is 0 Å². The molecule has 0 atom stereocenters. The van der Waals surface area contributed by atoms with E-state index in [1.807, 2.05) is 4.31 Å². The van der Waals surface area contributed by atoms with E-state index in [0.29, 0.717) is 15.7 Å². The maximum atomic E-state index is 14.4. The number of unbranched alkanes of at least 4 members (excludes halogenated alkanes) is 9. The van der Waals surface area contributed by atoms with Crippen molar-refractivity contribution in [2.24, 2.45) is 0 Å². The van der Waals surface area contributed by atoms with Gasteiger partial charge < -0.3 is 9.46 Å². The predicted octanol–water partition coefficient (Wildman–Crippen LogP) is 7.39. The molecule has 3 nitrogen and oxygen atoms in total. The van der Waals surface area contributed by atoms with Gasteiger partial charge in [-0.1, -0.05) is 64.7 Å². The first-order valence-electron chi connectivity index (χ1n) is 9.18. The lowest BCUT2D eigenvalue weighted by atomic mass is 10.1. The molecule has 2 aliphatic heterocycles. The average Bonchev–Trinajstić information content (AvgIpc) is 3.10. The largest absolute Gasteiger partial charge is 0.488 e. The fourth-order valence-electron chi connectivity index (χ4n) is 2.82. The minimum absolute atomic E-state index is 0.274. The van der Waals surface area contributed by atoms with E-state index in [1.54, 1.807) is 6.20 Å². The van der Waals surface area contributed by atoms with Gasteiger partial charge in [0.2, 0.25) is 0 Å². The molecule has 0 aromatic heterocycles. The van der Waals surface area contributed by atoms with Crippen LogP contribution in [-0.2, 0) is 4.74 Å². The first-order valence-corrected chi connectivity index (χ1v) is 11.5. The normalized spacial score (nSPS) is 17.0. The standard InChI is InChI=1S/C18H27Br2FN2OS/c1-2-3-4-5-6-7-8-9-10-11-12-24-17-16(21)15(19)14-13-22-25-23(14)18(17)20/h13,22H,2-12H2,1H3. The molecule has 1 N–H and O–H groups in total. The highest BCUT2D eigenvalue weighted by Crippen LogP contribution is 2.45. The molecule has 0 radical (unpaired) electrons. The van der Waals surface area contributed by atoms with Crippen LogP contribution in [-0.4, -0.2) is 10.9 Å². The molecule has 0 spiro atoms. The zero-order chi connectivity index (χ0) is 18.1. The van der Waals surface area contributed by atoms with Gasteiger partial charge in [0.15, 0.2) is 11.6 Å². The molecule has 7 heteroatoms. The van der Waals surface area contributed by atoms with Crippen LogP contribution in [0.3, 0.4) is 0 Å². The SMILES string of the molecule is CCCCCCCCCCCCOC1=C(Br)N2SNC=C2C(Br)=C1F. The Hall–Kier alpha value is -0.140. The number of nitrogens with one attached hydrogen (secondary N) is 1. The Kier molecular flexibility index (Phi) is 9.78. The van der Waals surface area contributed by atoms with Gasteiger partial charge in [0.1, 0.15) is 4.61 Å². The lowest BCUT2D eigenvalue weighted by molar-refractivity contribution is 0.195. The highest BCUT2D eigenvalue weighted by atomic mass is 79.9. The molecule has 0 aromatic rings. The van der Waals surface area contributed by atoms with Crippen molar-refractivity contribution < 1.29 is 9.13 Å². The third-order valence-corrected chi connectivity index (χ3v) is 6.77. The molecule has 2 rings (SSSR count). The summed E-state index contributed by atoms with van der Waals surface area (Å²) in [7, 11) is 0. The summed E-state index contributed by atoms with van der Waals surface area (Å²) in [6.45, 7) is 2.79. The quantitative estimate of drug-likeness (QED) is 0.172. The van der Waals surface area contributed by atoms with Crippen LogP contribution in [0.15, 0.2) is 32.6 Å². The van der Waals surface area contributed by atoms with Crippen LogP contribution in [0.2, 0.25) is 0 Å². The van der Waals surface area contributed by atoms with Gasteiger partial charge in [-0.05, 0) is 38.3 Å². The Morgan fingerprint density at radius 3 is 2.28 bits per heavy atom. The van der Waals surface area contributed by atoms with E-state index in [9.17, 15) is 4.39 Å². The maximum Gasteiger partial charge on any atom is 0.188 e. The molecule has 0 fully saturated rings. The second kappa shape index (κ2) is 11.5. The van der Waals surface area contributed by atoms with E-state index >= 15 is 0 Å². The summed E-state index contributed by atoms with van der Waals surface area (Å²) < 4.78 is 26.1. The Morgan fingerprint density at radius 1 is 1.04 bits per heavy atom. The van der Waals surface area contributed by atoms with Crippen molar-refractivity contribution in [3.63, 3.8) is 0 Å². The van der Waals surface area contributed by atoms with Gasteiger partial charge in [0, 0.05) is 6.20 Å². The zero-order valence-corrected chi connectivity index (χ0v) is 18.7. The van der Waals surface area contributed by atoms with Crippen LogP contribution in [0.5, 0.6) is 0 Å². The Bertz CT molecular complexity index is 537. The molecule has 25 heavy (non-hydrogen) atoms. The van der Waals surface area contributed by atoms with E-state index in [4.69, 9.17) is 4.74 Å². The summed E-state index contributed by atoms with van der Waals surface area (Å²) in [6.07, 6.45) is 14.5. The molecule has 2 heterocycles. The van der Waals surface area contributed by atoms with Crippen molar-refractivity contribution >= 4 is 44.0 Å². The first kappa shape index (κ1) is 21.2. The van der Waals surface area contributed by atoms with Gasteiger partial charge in [-0.3, -0.25) is 4.31 Å².